The highest BCUT2D eigenvalue weighted by Crippen LogP contribution is 2.16. The van der Waals surface area contributed by atoms with Crippen molar-refractivity contribution in [2.75, 3.05) is 46.4 Å². The minimum atomic E-state index is -0.176. The maximum atomic E-state index is 9.63. The van der Waals surface area contributed by atoms with Crippen molar-refractivity contribution in [1.82, 2.24) is 15.1 Å². The molecule has 0 aromatic rings. The van der Waals surface area contributed by atoms with Crippen molar-refractivity contribution < 1.29 is 5.11 Å². The summed E-state index contributed by atoms with van der Waals surface area (Å²) in [6.45, 7) is 12.0. The molecule has 0 aromatic heterocycles. The highest BCUT2D eigenvalue weighted by molar-refractivity contribution is 4.89. The summed E-state index contributed by atoms with van der Waals surface area (Å²) < 4.78 is 0. The fraction of sp³-hybridized carbons (Fsp3) is 1.00. The van der Waals surface area contributed by atoms with E-state index in [0.29, 0.717) is 6.04 Å². The number of aliphatic hydroxyl groups is 1. The van der Waals surface area contributed by atoms with Gasteiger partial charge in [-0.2, -0.15) is 0 Å². The summed E-state index contributed by atoms with van der Waals surface area (Å²) in [4.78, 5) is 4.99. The average Bonchev–Trinajstić information content (AvgIpc) is 2.51. The Kier molecular flexibility index (Phi) is 6.57. The van der Waals surface area contributed by atoms with Gasteiger partial charge in [-0.3, -0.25) is 4.90 Å². The molecule has 0 amide bonds. The fourth-order valence-corrected chi connectivity index (χ4v) is 2.93. The molecule has 1 rings (SSSR count). The van der Waals surface area contributed by atoms with Crippen LogP contribution in [-0.2, 0) is 0 Å². The molecule has 18 heavy (non-hydrogen) atoms. The number of hydrogen-bond donors (Lipinski definition) is 2. The van der Waals surface area contributed by atoms with Gasteiger partial charge >= 0.3 is 0 Å². The molecule has 0 saturated carbocycles. The predicted molar refractivity (Wildman–Crippen MR) is 76.9 cm³/mol. The topological polar surface area (TPSA) is 38.7 Å². The lowest BCUT2D eigenvalue weighted by atomic mass is 10.0. The lowest BCUT2D eigenvalue weighted by molar-refractivity contribution is 0.0937. The second-order valence-electron chi connectivity index (χ2n) is 5.90. The van der Waals surface area contributed by atoms with Crippen LogP contribution in [0.1, 0.15) is 33.6 Å². The van der Waals surface area contributed by atoms with E-state index in [1.165, 1.54) is 19.4 Å². The van der Waals surface area contributed by atoms with Crippen molar-refractivity contribution in [2.24, 2.45) is 0 Å². The standard InChI is InChI=1S/C14H31N3O/c1-5-13-10-16(4)8-7-9-17(13)11-14(3,12-18)15-6-2/h13,15,18H,5-12H2,1-4H3. The first-order valence-corrected chi connectivity index (χ1v) is 7.33. The maximum Gasteiger partial charge on any atom is 0.0623 e. The summed E-state index contributed by atoms with van der Waals surface area (Å²) in [6, 6.07) is 0.613. The van der Waals surface area contributed by atoms with Crippen LogP contribution in [0.25, 0.3) is 0 Å². The van der Waals surface area contributed by atoms with Gasteiger partial charge in [0.15, 0.2) is 0 Å². The van der Waals surface area contributed by atoms with Gasteiger partial charge in [0.2, 0.25) is 0 Å². The molecule has 1 aliphatic rings. The van der Waals surface area contributed by atoms with E-state index in [0.717, 1.165) is 26.2 Å². The molecule has 1 saturated heterocycles. The summed E-state index contributed by atoms with van der Waals surface area (Å²) in [7, 11) is 2.21. The molecule has 4 nitrogen and oxygen atoms in total. The molecule has 0 aromatic carbocycles. The Morgan fingerprint density at radius 2 is 2.06 bits per heavy atom. The van der Waals surface area contributed by atoms with E-state index in [9.17, 15) is 5.11 Å². The molecular weight excluding hydrogens is 226 g/mol. The fourth-order valence-electron chi connectivity index (χ4n) is 2.93. The Morgan fingerprint density at radius 3 is 2.61 bits per heavy atom. The number of nitrogens with one attached hydrogen (secondary N) is 1. The van der Waals surface area contributed by atoms with Crippen LogP contribution in [0, 0.1) is 0 Å². The third-order valence-electron chi connectivity index (χ3n) is 4.00. The van der Waals surface area contributed by atoms with E-state index >= 15 is 0 Å². The van der Waals surface area contributed by atoms with Gasteiger partial charge in [-0.25, -0.2) is 0 Å². The van der Waals surface area contributed by atoms with Crippen LogP contribution in [-0.4, -0.2) is 72.9 Å². The Bertz CT molecular complexity index is 237. The van der Waals surface area contributed by atoms with Gasteiger partial charge in [-0.15, -0.1) is 0 Å². The van der Waals surface area contributed by atoms with Crippen LogP contribution in [0.15, 0.2) is 0 Å². The molecule has 1 heterocycles. The van der Waals surface area contributed by atoms with Gasteiger partial charge in [-0.1, -0.05) is 13.8 Å². The molecule has 1 aliphatic heterocycles. The van der Waals surface area contributed by atoms with E-state index in [2.05, 4.69) is 42.9 Å². The average molecular weight is 257 g/mol. The molecule has 1 fully saturated rings. The van der Waals surface area contributed by atoms with Crippen LogP contribution < -0.4 is 5.32 Å². The Labute approximate surface area is 112 Å². The smallest absolute Gasteiger partial charge is 0.0623 e. The highest BCUT2D eigenvalue weighted by atomic mass is 16.3. The molecule has 0 aliphatic carbocycles. The Hall–Kier alpha value is -0.160. The van der Waals surface area contributed by atoms with Gasteiger partial charge in [0.1, 0.15) is 0 Å². The Morgan fingerprint density at radius 1 is 1.33 bits per heavy atom. The molecule has 2 N–H and O–H groups in total. The van der Waals surface area contributed by atoms with Gasteiger partial charge in [0.25, 0.3) is 0 Å². The van der Waals surface area contributed by atoms with Crippen LogP contribution in [0.4, 0.5) is 0 Å². The number of nitrogens with zero attached hydrogens (tertiary/aromatic N) is 2. The molecule has 108 valence electrons. The quantitative estimate of drug-likeness (QED) is 0.737. The lowest BCUT2D eigenvalue weighted by Crippen LogP contribution is -2.56. The lowest BCUT2D eigenvalue weighted by Gasteiger charge is -2.38. The first-order valence-electron chi connectivity index (χ1n) is 7.33. The van der Waals surface area contributed by atoms with E-state index < -0.39 is 0 Å². The SMILES string of the molecule is CCNC(C)(CO)CN1CCCN(C)CC1CC. The predicted octanol–water partition coefficient (Wildman–Crippen LogP) is 0.763. The van der Waals surface area contributed by atoms with Gasteiger partial charge in [0, 0.05) is 19.1 Å². The maximum absolute atomic E-state index is 9.63. The summed E-state index contributed by atoms with van der Waals surface area (Å²) in [5.74, 6) is 0. The molecule has 0 radical (unpaired) electrons. The third-order valence-corrected chi connectivity index (χ3v) is 4.00. The minimum Gasteiger partial charge on any atom is -0.394 e. The van der Waals surface area contributed by atoms with Crippen LogP contribution in [0.5, 0.6) is 0 Å². The molecule has 2 atom stereocenters. The number of aliphatic hydroxyl groups excluding tert-OH is 1. The van der Waals surface area contributed by atoms with Crippen LogP contribution in [0.2, 0.25) is 0 Å². The zero-order valence-electron chi connectivity index (χ0n) is 12.6. The van der Waals surface area contributed by atoms with Crippen molar-refractivity contribution in [3.63, 3.8) is 0 Å². The second-order valence-corrected chi connectivity index (χ2v) is 5.90. The molecule has 0 bridgehead atoms. The summed E-state index contributed by atoms with van der Waals surface area (Å²) in [6.07, 6.45) is 2.40. The first-order chi connectivity index (χ1) is 8.54. The molecule has 4 heteroatoms. The molecular formula is C14H31N3O. The normalized spacial score (nSPS) is 26.8. The van der Waals surface area contributed by atoms with Gasteiger partial charge < -0.3 is 15.3 Å². The highest BCUT2D eigenvalue weighted by Gasteiger charge is 2.30. The van der Waals surface area contributed by atoms with Crippen molar-refractivity contribution in [1.29, 1.82) is 0 Å². The van der Waals surface area contributed by atoms with Crippen molar-refractivity contribution in [3.8, 4) is 0 Å². The van der Waals surface area contributed by atoms with Crippen LogP contribution in [0.3, 0.4) is 0 Å². The van der Waals surface area contributed by atoms with Crippen LogP contribution >= 0.6 is 0 Å². The van der Waals surface area contributed by atoms with E-state index in [1.54, 1.807) is 0 Å². The third kappa shape index (κ3) is 4.50. The first kappa shape index (κ1) is 15.9. The van der Waals surface area contributed by atoms with Crippen molar-refractivity contribution in [2.45, 2.75) is 45.2 Å². The number of hydrogen-bond acceptors (Lipinski definition) is 4. The summed E-state index contributed by atoms with van der Waals surface area (Å²) in [5.41, 5.74) is -0.176. The second kappa shape index (κ2) is 7.43. The zero-order chi connectivity index (χ0) is 13.6. The van der Waals surface area contributed by atoms with E-state index in [4.69, 9.17) is 0 Å². The largest absolute Gasteiger partial charge is 0.394 e. The van der Waals surface area contributed by atoms with Gasteiger partial charge in [0.05, 0.1) is 12.1 Å². The zero-order valence-corrected chi connectivity index (χ0v) is 12.6. The van der Waals surface area contributed by atoms with Crippen molar-refractivity contribution in [3.05, 3.63) is 0 Å². The minimum absolute atomic E-state index is 0.176. The summed E-state index contributed by atoms with van der Waals surface area (Å²) in [5, 5.41) is 13.1. The number of rotatable bonds is 6. The number of likely N-dealkylation sites (N-methyl/N-ethyl adjacent to an activating group) is 2. The van der Waals surface area contributed by atoms with E-state index in [-0.39, 0.29) is 12.1 Å². The monoisotopic (exact) mass is 257 g/mol. The molecule has 2 unspecified atom stereocenters. The molecule has 0 spiro atoms. The Balaban J connectivity index is 2.66. The summed E-state index contributed by atoms with van der Waals surface area (Å²) >= 11 is 0. The van der Waals surface area contributed by atoms with E-state index in [1.807, 2.05) is 0 Å². The van der Waals surface area contributed by atoms with Crippen molar-refractivity contribution >= 4 is 0 Å². The van der Waals surface area contributed by atoms with Gasteiger partial charge in [-0.05, 0) is 46.4 Å².